The van der Waals surface area contributed by atoms with Crippen molar-refractivity contribution in [3.05, 3.63) is 4.13 Å². The van der Waals surface area contributed by atoms with Crippen LogP contribution in [0.3, 0.4) is 0 Å². The summed E-state index contributed by atoms with van der Waals surface area (Å²) < 4.78 is 144. The van der Waals surface area contributed by atoms with Gasteiger partial charge < -0.3 is 4.13 Å². The minimum absolute atomic E-state index is 1.42. The van der Waals surface area contributed by atoms with Crippen molar-refractivity contribution >= 4 is 20.0 Å². The lowest BCUT2D eigenvalue weighted by Crippen LogP contribution is -2.58. The normalized spacial score (nSPS) is 29.9. The molecule has 0 aliphatic carbocycles. The summed E-state index contributed by atoms with van der Waals surface area (Å²) >= 11 is 0. The van der Waals surface area contributed by atoms with Crippen LogP contribution in [0.4, 0.5) is 39.5 Å². The lowest BCUT2D eigenvalue weighted by atomic mass is 10.4. The zero-order valence-electron chi connectivity index (χ0n) is 8.38. The largest absolute Gasteiger partial charge is 0.559 e. The summed E-state index contributed by atoms with van der Waals surface area (Å²) in [6, 6.07) is 0. The van der Waals surface area contributed by atoms with Crippen LogP contribution in [-0.4, -0.2) is 39.9 Å². The van der Waals surface area contributed by atoms with Crippen molar-refractivity contribution in [2.24, 2.45) is 0 Å². The van der Waals surface area contributed by atoms with E-state index in [4.69, 9.17) is 0 Å². The summed E-state index contributed by atoms with van der Waals surface area (Å²) in [4.78, 5) is 0. The smallest absolute Gasteiger partial charge is 0.428 e. The van der Waals surface area contributed by atoms with Crippen molar-refractivity contribution in [2.45, 2.75) is 23.1 Å². The van der Waals surface area contributed by atoms with E-state index in [1.165, 1.54) is 4.13 Å². The van der Waals surface area contributed by atoms with E-state index in [1.807, 2.05) is 0 Å². The first-order valence-corrected chi connectivity index (χ1v) is 6.68. The molecule has 20 heavy (non-hydrogen) atoms. The molecule has 1 aliphatic heterocycles. The Hall–Kier alpha value is -0.770. The molecule has 1 rings (SSSR count). The monoisotopic (exact) mass is 362 g/mol. The highest BCUT2D eigenvalue weighted by molar-refractivity contribution is 8.13. The molecule has 1 atom stereocenters. The first-order chi connectivity index (χ1) is 8.36. The molecule has 122 valence electrons. The van der Waals surface area contributed by atoms with Crippen LogP contribution in [0, 0.1) is 0 Å². The van der Waals surface area contributed by atoms with Crippen molar-refractivity contribution in [1.29, 1.82) is 0 Å². The van der Waals surface area contributed by atoms with E-state index in [2.05, 4.69) is 0 Å². The van der Waals surface area contributed by atoms with Crippen molar-refractivity contribution in [2.75, 3.05) is 0 Å². The van der Waals surface area contributed by atoms with Crippen LogP contribution in [0.2, 0.25) is 0 Å². The molecular weight excluding hydrogens is 361 g/mol. The van der Waals surface area contributed by atoms with Crippen LogP contribution in [0.25, 0.3) is 4.13 Å². The zero-order valence-corrected chi connectivity index (χ0v) is 10.0. The van der Waals surface area contributed by atoms with E-state index in [0.29, 0.717) is 0 Å². The fourth-order valence-electron chi connectivity index (χ4n) is 0.712. The summed E-state index contributed by atoms with van der Waals surface area (Å²) in [6.45, 7) is 0. The van der Waals surface area contributed by atoms with Crippen LogP contribution in [0.15, 0.2) is 0 Å². The number of sulfonamides is 2. The molecule has 0 aromatic rings. The molecule has 1 fully saturated rings. The van der Waals surface area contributed by atoms with Crippen molar-refractivity contribution < 1.29 is 56.3 Å². The van der Waals surface area contributed by atoms with E-state index in [1.54, 1.807) is 0 Å². The Labute approximate surface area is 104 Å². The highest BCUT2D eigenvalue weighted by atomic mass is 32.3. The first kappa shape index (κ1) is 19.2. The third-order valence-electron chi connectivity index (χ3n) is 1.46. The second kappa shape index (κ2) is 4.90. The SMILES string of the molecule is FC(F)(F)F.O=S1(=O)[N-]S(=O)(=O)C(F)(F)C(F)(F)C1F. The third kappa shape index (κ3) is 3.66. The van der Waals surface area contributed by atoms with Gasteiger partial charge in [0.05, 0.1) is 0 Å². The lowest BCUT2D eigenvalue weighted by Gasteiger charge is -2.40. The Bertz CT molecular complexity index is 557. The van der Waals surface area contributed by atoms with E-state index >= 15 is 0 Å². The highest BCUT2D eigenvalue weighted by Crippen LogP contribution is 2.51. The summed E-state index contributed by atoms with van der Waals surface area (Å²) in [5, 5.41) is -5.88. The molecule has 0 bridgehead atoms. The Morgan fingerprint density at radius 2 is 1.20 bits per heavy atom. The fraction of sp³-hybridized carbons (Fsp3) is 1.00. The van der Waals surface area contributed by atoms with Gasteiger partial charge in [-0.05, 0) is 0 Å². The molecule has 0 spiro atoms. The quantitative estimate of drug-likeness (QED) is 0.618. The van der Waals surface area contributed by atoms with Gasteiger partial charge in [0.2, 0.25) is 0 Å². The second-order valence-electron chi connectivity index (χ2n) is 2.95. The third-order valence-corrected chi connectivity index (χ3v) is 4.82. The molecule has 0 aromatic carbocycles. The first-order valence-electron chi connectivity index (χ1n) is 3.74. The maximum Gasteiger partial charge on any atom is 0.559 e. The number of halogens is 9. The Balaban J connectivity index is 0.000000621. The van der Waals surface area contributed by atoms with Gasteiger partial charge in [0.1, 0.15) is 10.0 Å². The lowest BCUT2D eigenvalue weighted by molar-refractivity contribution is -0.237. The Morgan fingerprint density at radius 3 is 1.50 bits per heavy atom. The van der Waals surface area contributed by atoms with Crippen LogP contribution in [0.5, 0.6) is 0 Å². The molecule has 0 amide bonds. The van der Waals surface area contributed by atoms with E-state index < -0.39 is 43.2 Å². The molecule has 0 N–H and O–H groups in total. The van der Waals surface area contributed by atoms with Crippen LogP contribution >= 0.6 is 0 Å². The maximum atomic E-state index is 12.4. The van der Waals surface area contributed by atoms with Gasteiger partial charge in [0.15, 0.2) is 10.0 Å². The Kier molecular flexibility index (Phi) is 4.71. The van der Waals surface area contributed by atoms with Gasteiger partial charge in [-0.15, -0.1) is 17.6 Å². The van der Waals surface area contributed by atoms with Gasteiger partial charge in [0.25, 0.3) is 5.50 Å². The molecule has 0 aromatic heterocycles. The summed E-state index contributed by atoms with van der Waals surface area (Å²) in [5.74, 6) is -5.87. The molecule has 0 radical (unpaired) electrons. The molecule has 1 saturated heterocycles. The van der Waals surface area contributed by atoms with Crippen LogP contribution in [-0.2, 0) is 20.0 Å². The molecule has 1 heterocycles. The minimum atomic E-state index is -6.30. The average molecular weight is 362 g/mol. The van der Waals surface area contributed by atoms with Crippen LogP contribution < -0.4 is 0 Å². The van der Waals surface area contributed by atoms with E-state index in [-0.39, 0.29) is 0 Å². The van der Waals surface area contributed by atoms with Gasteiger partial charge in [-0.2, -0.15) is 17.6 Å². The predicted octanol–water partition coefficient (Wildman–Crippen LogP) is 2.03. The zero-order chi connectivity index (χ0) is 16.8. The van der Waals surface area contributed by atoms with Crippen molar-refractivity contribution in [3.8, 4) is 0 Å². The highest BCUT2D eigenvalue weighted by Gasteiger charge is 2.72. The summed E-state index contributed by atoms with van der Waals surface area (Å²) in [7, 11) is -12.1. The maximum absolute atomic E-state index is 12.4. The molecule has 16 heteroatoms. The number of rotatable bonds is 0. The minimum Gasteiger partial charge on any atom is -0.428 e. The molecule has 5 nitrogen and oxygen atoms in total. The summed E-state index contributed by atoms with van der Waals surface area (Å²) in [5.41, 5.74) is -4.39. The molecule has 1 aliphatic rings. The molecule has 1 unspecified atom stereocenters. The van der Waals surface area contributed by atoms with Gasteiger partial charge in [-0.3, -0.25) is 0 Å². The number of hydrogen-bond acceptors (Lipinski definition) is 4. The van der Waals surface area contributed by atoms with Gasteiger partial charge >= 0.3 is 17.6 Å². The van der Waals surface area contributed by atoms with Gasteiger partial charge in [-0.1, -0.05) is 0 Å². The summed E-state index contributed by atoms with van der Waals surface area (Å²) in [6.07, 6.45) is -5.50. The van der Waals surface area contributed by atoms with E-state index in [0.717, 1.165) is 0 Å². The predicted molar refractivity (Wildman–Crippen MR) is 43.2 cm³/mol. The Morgan fingerprint density at radius 1 is 0.900 bits per heavy atom. The molecular formula is C4HF9NO4S2-. The fourth-order valence-corrected chi connectivity index (χ4v) is 3.53. The average Bonchev–Trinajstić information content (AvgIpc) is 2.09. The standard InChI is InChI=1S/C3HF5NO4S2.CF4/c4-1-2(5,6)3(7,8)15(12,13)9-14(1,10)11;2-1(3,4)5/h1H;/q-1;. The topological polar surface area (TPSA) is 82.4 Å². The number of nitrogens with zero attached hydrogens (tertiary/aromatic N) is 1. The van der Waals surface area contributed by atoms with E-state index in [9.17, 15) is 56.3 Å². The molecule has 0 saturated carbocycles. The number of alkyl halides is 9. The van der Waals surface area contributed by atoms with Crippen molar-refractivity contribution in [1.82, 2.24) is 0 Å². The van der Waals surface area contributed by atoms with Crippen LogP contribution in [0.1, 0.15) is 0 Å². The second-order valence-corrected chi connectivity index (χ2v) is 6.45. The van der Waals surface area contributed by atoms with Gasteiger partial charge in [-0.25, -0.2) is 21.2 Å². The van der Waals surface area contributed by atoms with Crippen molar-refractivity contribution in [3.63, 3.8) is 0 Å². The number of hydrogen-bond donors (Lipinski definition) is 0. The van der Waals surface area contributed by atoms with Gasteiger partial charge in [0, 0.05) is 0 Å².